The van der Waals surface area contributed by atoms with Crippen molar-refractivity contribution in [1.29, 1.82) is 0 Å². The van der Waals surface area contributed by atoms with E-state index in [2.05, 4.69) is 18.8 Å². The number of ether oxygens (including phenoxy) is 3. The third-order valence-corrected chi connectivity index (χ3v) is 5.01. The van der Waals surface area contributed by atoms with Crippen LogP contribution in [-0.4, -0.2) is 36.5 Å². The molecule has 3 heterocycles. The fourth-order valence-electron chi connectivity index (χ4n) is 3.31. The number of hydrogen-bond donors (Lipinski definition) is 0. The molecule has 0 spiro atoms. The second kappa shape index (κ2) is 14.4. The molecule has 6 nitrogen and oxygen atoms in total. The molecule has 4 rings (SSSR count). The molecule has 0 amide bonds. The summed E-state index contributed by atoms with van der Waals surface area (Å²) in [4.78, 5) is 17.1. The first-order valence-electron chi connectivity index (χ1n) is 11.8. The molecule has 2 aromatic heterocycles. The molecule has 0 saturated carbocycles. The van der Waals surface area contributed by atoms with E-state index in [1.54, 1.807) is 31.5 Å². The average molecular weight is 487 g/mol. The summed E-state index contributed by atoms with van der Waals surface area (Å²) in [6, 6.07) is 10.7. The number of benzene rings is 1. The molecule has 34 heavy (non-hydrogen) atoms. The molecular formula is C27H35ClN2O4. The number of pyridine rings is 2. The molecule has 0 saturated heterocycles. The van der Waals surface area contributed by atoms with E-state index in [4.69, 9.17) is 25.8 Å². The summed E-state index contributed by atoms with van der Waals surface area (Å²) < 4.78 is 18.7. The maximum atomic E-state index is 12.8. The van der Waals surface area contributed by atoms with Gasteiger partial charge in [0.15, 0.2) is 5.43 Å². The summed E-state index contributed by atoms with van der Waals surface area (Å²) in [5, 5.41) is 0.472. The molecule has 3 aromatic rings. The largest absolute Gasteiger partial charge is 0.492 e. The van der Waals surface area contributed by atoms with Crippen LogP contribution in [0.25, 0.3) is 22.5 Å². The number of hydrogen-bond acceptors (Lipinski definition) is 5. The predicted molar refractivity (Wildman–Crippen MR) is 139 cm³/mol. The zero-order valence-electron chi connectivity index (χ0n) is 20.8. The van der Waals surface area contributed by atoms with Gasteiger partial charge in [0.05, 0.1) is 35.1 Å². The highest BCUT2D eigenvalue weighted by atomic mass is 35.5. The first kappa shape index (κ1) is 27.4. The van der Waals surface area contributed by atoms with Crippen LogP contribution in [0.2, 0.25) is 5.02 Å². The highest BCUT2D eigenvalue weighted by Crippen LogP contribution is 2.40. The van der Waals surface area contributed by atoms with E-state index >= 15 is 0 Å². The van der Waals surface area contributed by atoms with Crippen molar-refractivity contribution in [3.05, 3.63) is 64.0 Å². The van der Waals surface area contributed by atoms with Gasteiger partial charge in [-0.05, 0) is 18.2 Å². The van der Waals surface area contributed by atoms with Gasteiger partial charge >= 0.3 is 0 Å². The van der Waals surface area contributed by atoms with Crippen molar-refractivity contribution in [2.24, 2.45) is 0 Å². The van der Waals surface area contributed by atoms with Crippen molar-refractivity contribution >= 4 is 11.6 Å². The number of fused-ring (bicyclic) bond motifs is 3. The Morgan fingerprint density at radius 1 is 1.12 bits per heavy atom. The molecule has 0 bridgehead atoms. The maximum Gasteiger partial charge on any atom is 0.191 e. The van der Waals surface area contributed by atoms with Crippen molar-refractivity contribution in [3.63, 3.8) is 0 Å². The number of nitrogens with zero attached hydrogens (tertiary/aromatic N) is 2. The molecule has 1 aromatic carbocycles. The molecule has 184 valence electrons. The van der Waals surface area contributed by atoms with Crippen LogP contribution in [0.3, 0.4) is 0 Å². The van der Waals surface area contributed by atoms with Crippen LogP contribution in [0.5, 0.6) is 11.5 Å². The smallest absolute Gasteiger partial charge is 0.191 e. The zero-order chi connectivity index (χ0) is 24.9. The Hall–Kier alpha value is -2.83. The van der Waals surface area contributed by atoms with Crippen molar-refractivity contribution in [2.45, 2.75) is 47.1 Å². The molecule has 0 N–H and O–H groups in total. The SMILES string of the molecule is CC.CCC.COCCCOc1cc2c(cc1Cl)-c1cc(=O)c(-c3ccccn3)cn1CCO2. The minimum absolute atomic E-state index is 0.0983. The van der Waals surface area contributed by atoms with Gasteiger partial charge in [-0.15, -0.1) is 0 Å². The summed E-state index contributed by atoms with van der Waals surface area (Å²) in [5.41, 5.74) is 2.63. The predicted octanol–water partition coefficient (Wildman–Crippen LogP) is 6.48. The van der Waals surface area contributed by atoms with Gasteiger partial charge in [0, 0.05) is 50.2 Å². The van der Waals surface area contributed by atoms with E-state index in [9.17, 15) is 4.79 Å². The summed E-state index contributed by atoms with van der Waals surface area (Å²) in [7, 11) is 1.65. The van der Waals surface area contributed by atoms with Gasteiger partial charge in [0.1, 0.15) is 18.1 Å². The van der Waals surface area contributed by atoms with Crippen LogP contribution in [0.4, 0.5) is 0 Å². The number of methoxy groups -OCH3 is 1. The normalized spacial score (nSPS) is 11.4. The first-order valence-corrected chi connectivity index (χ1v) is 12.2. The Morgan fingerprint density at radius 3 is 2.56 bits per heavy atom. The minimum Gasteiger partial charge on any atom is -0.492 e. The van der Waals surface area contributed by atoms with Gasteiger partial charge in [-0.25, -0.2) is 0 Å². The van der Waals surface area contributed by atoms with Crippen LogP contribution >= 0.6 is 11.6 Å². The molecule has 0 aliphatic carbocycles. The van der Waals surface area contributed by atoms with Crippen LogP contribution in [-0.2, 0) is 11.3 Å². The molecule has 0 unspecified atom stereocenters. The van der Waals surface area contributed by atoms with E-state index in [-0.39, 0.29) is 5.43 Å². The van der Waals surface area contributed by atoms with Crippen LogP contribution in [0.1, 0.15) is 40.5 Å². The van der Waals surface area contributed by atoms with E-state index in [0.717, 1.165) is 17.7 Å². The lowest BCUT2D eigenvalue weighted by Gasteiger charge is -2.14. The van der Waals surface area contributed by atoms with E-state index < -0.39 is 0 Å². The fraction of sp³-hybridized carbons (Fsp3) is 0.407. The second-order valence-corrected chi connectivity index (χ2v) is 7.78. The summed E-state index contributed by atoms with van der Waals surface area (Å²) in [6.45, 7) is 10.4. The Labute approximate surface area is 207 Å². The number of halogens is 1. The molecule has 7 heteroatoms. The number of rotatable bonds is 6. The van der Waals surface area contributed by atoms with Gasteiger partial charge in [-0.3, -0.25) is 9.78 Å². The lowest BCUT2D eigenvalue weighted by atomic mass is 10.1. The third kappa shape index (κ3) is 7.08. The molecule has 0 atom stereocenters. The van der Waals surface area contributed by atoms with E-state index in [0.29, 0.717) is 54.1 Å². The van der Waals surface area contributed by atoms with Crippen molar-refractivity contribution in [2.75, 3.05) is 26.9 Å². The Morgan fingerprint density at radius 2 is 1.88 bits per heavy atom. The van der Waals surface area contributed by atoms with Gasteiger partial charge in [-0.1, -0.05) is 51.8 Å². The van der Waals surface area contributed by atoms with Gasteiger partial charge in [0.25, 0.3) is 0 Å². The van der Waals surface area contributed by atoms with Crippen molar-refractivity contribution in [1.82, 2.24) is 9.55 Å². The highest BCUT2D eigenvalue weighted by molar-refractivity contribution is 6.32. The van der Waals surface area contributed by atoms with E-state index in [1.165, 1.54) is 6.42 Å². The molecule has 0 fully saturated rings. The van der Waals surface area contributed by atoms with Gasteiger partial charge in [-0.2, -0.15) is 0 Å². The Kier molecular flexibility index (Phi) is 11.6. The Bertz CT molecular complexity index is 1080. The fourth-order valence-corrected chi connectivity index (χ4v) is 3.53. The topological polar surface area (TPSA) is 62.6 Å². The number of aromatic nitrogens is 2. The maximum absolute atomic E-state index is 12.8. The minimum atomic E-state index is -0.0983. The molecule has 1 aliphatic heterocycles. The summed E-state index contributed by atoms with van der Waals surface area (Å²) in [6.07, 6.45) is 5.53. The quantitative estimate of drug-likeness (QED) is 0.373. The van der Waals surface area contributed by atoms with Gasteiger partial charge < -0.3 is 18.8 Å². The standard InChI is InChI=1S/C22H21ClN2O4.C3H8.C2H6/c1-27-8-4-9-28-22-13-21-15(11-17(22)23)19-12-20(26)16(14-25(19)7-10-29-21)18-5-2-3-6-24-18;1-3-2;1-2/h2-3,5-6,11-14H,4,7-10H2,1H3;3H2,1-2H3;1-2H3. The molecule has 1 aliphatic rings. The molecular weight excluding hydrogens is 452 g/mol. The monoisotopic (exact) mass is 486 g/mol. The highest BCUT2D eigenvalue weighted by Gasteiger charge is 2.20. The lowest BCUT2D eigenvalue weighted by Crippen LogP contribution is -2.13. The zero-order valence-corrected chi connectivity index (χ0v) is 21.5. The van der Waals surface area contributed by atoms with Crippen LogP contribution in [0, 0.1) is 0 Å². The first-order chi connectivity index (χ1) is 16.6. The molecule has 0 radical (unpaired) electrons. The van der Waals surface area contributed by atoms with Crippen LogP contribution in [0.15, 0.2) is 53.6 Å². The summed E-state index contributed by atoms with van der Waals surface area (Å²) in [5.74, 6) is 1.20. The van der Waals surface area contributed by atoms with Gasteiger partial charge in [0.2, 0.25) is 0 Å². The lowest BCUT2D eigenvalue weighted by molar-refractivity contribution is 0.172. The average Bonchev–Trinajstić information content (AvgIpc) is 3.02. The third-order valence-electron chi connectivity index (χ3n) is 4.72. The van der Waals surface area contributed by atoms with E-state index in [1.807, 2.05) is 42.8 Å². The summed E-state index contributed by atoms with van der Waals surface area (Å²) >= 11 is 6.45. The Balaban J connectivity index is 0.000000758. The van der Waals surface area contributed by atoms with Crippen molar-refractivity contribution in [3.8, 4) is 34.0 Å². The second-order valence-electron chi connectivity index (χ2n) is 7.37. The van der Waals surface area contributed by atoms with Crippen LogP contribution < -0.4 is 14.9 Å². The van der Waals surface area contributed by atoms with Crippen molar-refractivity contribution < 1.29 is 14.2 Å².